The predicted molar refractivity (Wildman–Crippen MR) is 154 cm³/mol. The number of thioether (sulfide) groups is 1. The SMILES string of the molecule is COc1cccc(C2C(C(=O)C=Cc3ccccc3)=C(O)C(=O)N2c2nnc(SCc3ccc(Cl)cc3)s2)c1. The number of rotatable bonds is 9. The minimum atomic E-state index is -0.914. The number of anilines is 1. The Balaban J connectivity index is 1.47. The number of aliphatic hydroxyl groups excluding tert-OH is 1. The zero-order chi connectivity index (χ0) is 27.4. The fraction of sp³-hybridized carbons (Fsp3) is 0.103. The summed E-state index contributed by atoms with van der Waals surface area (Å²) >= 11 is 8.65. The molecule has 0 saturated heterocycles. The van der Waals surface area contributed by atoms with Gasteiger partial charge in [-0.2, -0.15) is 0 Å². The summed E-state index contributed by atoms with van der Waals surface area (Å²) in [6.07, 6.45) is 3.01. The van der Waals surface area contributed by atoms with Crippen LogP contribution in [0.1, 0.15) is 22.7 Å². The Labute approximate surface area is 238 Å². The molecule has 0 spiro atoms. The molecule has 0 radical (unpaired) electrons. The third kappa shape index (κ3) is 5.90. The van der Waals surface area contributed by atoms with Crippen LogP contribution >= 0.6 is 34.7 Å². The summed E-state index contributed by atoms with van der Waals surface area (Å²) in [4.78, 5) is 28.1. The average molecular weight is 576 g/mol. The Kier molecular flexibility index (Phi) is 8.11. The second-order valence-electron chi connectivity index (χ2n) is 8.49. The Bertz CT molecular complexity index is 1570. The second kappa shape index (κ2) is 11.9. The van der Waals surface area contributed by atoms with Crippen LogP contribution < -0.4 is 9.64 Å². The number of methoxy groups -OCH3 is 1. The number of ether oxygens (including phenoxy) is 1. The standard InChI is InChI=1S/C29H22ClN3O4S2/c1-37-22-9-5-8-20(16-22)25-24(23(34)15-12-18-6-3-2-4-7-18)26(35)27(36)33(25)28-31-32-29(39-28)38-17-19-10-13-21(30)14-11-19/h2-16,25,35H,17H2,1H3. The molecule has 10 heteroatoms. The van der Waals surface area contributed by atoms with Gasteiger partial charge in [-0.25, -0.2) is 0 Å². The Morgan fingerprint density at radius 3 is 2.62 bits per heavy atom. The minimum absolute atomic E-state index is 0.0361. The number of aromatic nitrogens is 2. The molecule has 1 aromatic heterocycles. The molecule has 1 aliphatic rings. The van der Waals surface area contributed by atoms with Crippen LogP contribution in [0.2, 0.25) is 5.02 Å². The van der Waals surface area contributed by atoms with Crippen LogP contribution in [0.4, 0.5) is 5.13 Å². The van der Waals surface area contributed by atoms with Crippen molar-refractivity contribution in [3.63, 3.8) is 0 Å². The number of carbonyl (C=O) groups is 2. The van der Waals surface area contributed by atoms with Crippen molar-refractivity contribution in [3.8, 4) is 5.75 Å². The number of nitrogens with zero attached hydrogens (tertiary/aromatic N) is 3. The third-order valence-electron chi connectivity index (χ3n) is 5.99. The molecule has 1 N–H and O–H groups in total. The van der Waals surface area contributed by atoms with Gasteiger partial charge in [-0.1, -0.05) is 95.4 Å². The maximum absolute atomic E-state index is 13.4. The highest BCUT2D eigenvalue weighted by molar-refractivity contribution is 8.00. The molecule has 1 unspecified atom stereocenters. The van der Waals surface area contributed by atoms with Crippen LogP contribution in [0.15, 0.2) is 101 Å². The number of halogens is 1. The van der Waals surface area contributed by atoms with E-state index in [1.807, 2.05) is 54.6 Å². The van der Waals surface area contributed by atoms with Gasteiger partial charge in [-0.15, -0.1) is 10.2 Å². The molecule has 0 saturated carbocycles. The van der Waals surface area contributed by atoms with Crippen LogP contribution in [-0.4, -0.2) is 34.1 Å². The van der Waals surface area contributed by atoms with Crippen molar-refractivity contribution >= 4 is 57.6 Å². The summed E-state index contributed by atoms with van der Waals surface area (Å²) in [5, 5.41) is 20.4. The van der Waals surface area contributed by atoms with Gasteiger partial charge >= 0.3 is 0 Å². The maximum atomic E-state index is 13.4. The molecule has 2 heterocycles. The maximum Gasteiger partial charge on any atom is 0.296 e. The quantitative estimate of drug-likeness (QED) is 0.135. The van der Waals surface area contributed by atoms with Crippen molar-refractivity contribution in [2.75, 3.05) is 12.0 Å². The average Bonchev–Trinajstić information content (AvgIpc) is 3.54. The molecule has 5 rings (SSSR count). The van der Waals surface area contributed by atoms with E-state index in [-0.39, 0.29) is 10.7 Å². The van der Waals surface area contributed by atoms with Gasteiger partial charge in [0.05, 0.1) is 18.7 Å². The van der Waals surface area contributed by atoms with E-state index in [9.17, 15) is 14.7 Å². The van der Waals surface area contributed by atoms with E-state index in [1.165, 1.54) is 41.2 Å². The number of hydrogen-bond acceptors (Lipinski definition) is 8. The molecule has 1 atom stereocenters. The summed E-state index contributed by atoms with van der Waals surface area (Å²) in [6, 6.07) is 22.9. The lowest BCUT2D eigenvalue weighted by Gasteiger charge is -2.24. The van der Waals surface area contributed by atoms with Crippen molar-refractivity contribution in [1.29, 1.82) is 0 Å². The number of amides is 1. The molecule has 1 amide bonds. The van der Waals surface area contributed by atoms with E-state index in [4.69, 9.17) is 16.3 Å². The topological polar surface area (TPSA) is 92.6 Å². The number of ketones is 1. The number of benzene rings is 3. The first kappa shape index (κ1) is 26.7. The van der Waals surface area contributed by atoms with Gasteiger partial charge in [0, 0.05) is 10.8 Å². The summed E-state index contributed by atoms with van der Waals surface area (Å²) in [7, 11) is 1.54. The Hall–Kier alpha value is -3.92. The van der Waals surface area contributed by atoms with Crippen molar-refractivity contribution in [3.05, 3.63) is 118 Å². The fourth-order valence-corrected chi connectivity index (χ4v) is 6.04. The summed E-state index contributed by atoms with van der Waals surface area (Å²) in [5.41, 5.74) is 2.43. The molecule has 0 aliphatic carbocycles. The predicted octanol–water partition coefficient (Wildman–Crippen LogP) is 6.67. The van der Waals surface area contributed by atoms with E-state index in [1.54, 1.807) is 30.3 Å². The van der Waals surface area contributed by atoms with Gasteiger partial charge in [-0.05, 0) is 47.0 Å². The highest BCUT2D eigenvalue weighted by Crippen LogP contribution is 2.44. The minimum Gasteiger partial charge on any atom is -0.503 e. The summed E-state index contributed by atoms with van der Waals surface area (Å²) in [5.74, 6) is -0.631. The zero-order valence-corrected chi connectivity index (χ0v) is 23.0. The molecule has 1 aliphatic heterocycles. The third-order valence-corrected chi connectivity index (χ3v) is 8.37. The van der Waals surface area contributed by atoms with Gasteiger partial charge < -0.3 is 9.84 Å². The van der Waals surface area contributed by atoms with E-state index < -0.39 is 23.5 Å². The first-order valence-corrected chi connectivity index (χ1v) is 14.0. The van der Waals surface area contributed by atoms with Crippen LogP contribution in [0.25, 0.3) is 6.08 Å². The summed E-state index contributed by atoms with van der Waals surface area (Å²) < 4.78 is 6.02. The van der Waals surface area contributed by atoms with Gasteiger partial charge in [0.25, 0.3) is 5.91 Å². The molecular weight excluding hydrogens is 554 g/mol. The van der Waals surface area contributed by atoms with E-state index in [0.29, 0.717) is 26.4 Å². The van der Waals surface area contributed by atoms with Crippen molar-refractivity contribution in [2.24, 2.45) is 0 Å². The van der Waals surface area contributed by atoms with Crippen LogP contribution in [-0.2, 0) is 15.3 Å². The molecule has 7 nitrogen and oxygen atoms in total. The zero-order valence-electron chi connectivity index (χ0n) is 20.7. The molecular formula is C29H22ClN3O4S2. The monoisotopic (exact) mass is 575 g/mol. The van der Waals surface area contributed by atoms with E-state index in [2.05, 4.69) is 10.2 Å². The Morgan fingerprint density at radius 2 is 1.87 bits per heavy atom. The second-order valence-corrected chi connectivity index (χ2v) is 11.1. The molecule has 3 aromatic carbocycles. The largest absolute Gasteiger partial charge is 0.503 e. The van der Waals surface area contributed by atoms with Crippen LogP contribution in [0, 0.1) is 0 Å². The number of allylic oxidation sites excluding steroid dienone is 1. The molecule has 0 bridgehead atoms. The first-order chi connectivity index (χ1) is 18.9. The lowest BCUT2D eigenvalue weighted by molar-refractivity contribution is -0.117. The molecule has 0 fully saturated rings. The lowest BCUT2D eigenvalue weighted by Crippen LogP contribution is -2.30. The smallest absolute Gasteiger partial charge is 0.296 e. The van der Waals surface area contributed by atoms with Gasteiger partial charge in [0.2, 0.25) is 5.13 Å². The van der Waals surface area contributed by atoms with E-state index >= 15 is 0 Å². The van der Waals surface area contributed by atoms with Crippen LogP contribution in [0.3, 0.4) is 0 Å². The van der Waals surface area contributed by atoms with Crippen molar-refractivity contribution in [2.45, 2.75) is 16.1 Å². The van der Waals surface area contributed by atoms with E-state index in [0.717, 1.165) is 11.1 Å². The van der Waals surface area contributed by atoms with Gasteiger partial charge in [0.15, 0.2) is 15.9 Å². The fourth-order valence-electron chi connectivity index (χ4n) is 4.09. The van der Waals surface area contributed by atoms with Gasteiger partial charge in [0.1, 0.15) is 5.75 Å². The highest BCUT2D eigenvalue weighted by Gasteiger charge is 2.45. The van der Waals surface area contributed by atoms with Crippen molar-refractivity contribution in [1.82, 2.24) is 10.2 Å². The number of aliphatic hydroxyl groups is 1. The molecule has 39 heavy (non-hydrogen) atoms. The number of hydrogen-bond donors (Lipinski definition) is 1. The summed E-state index contributed by atoms with van der Waals surface area (Å²) in [6.45, 7) is 0. The highest BCUT2D eigenvalue weighted by atomic mass is 35.5. The number of carbonyl (C=O) groups excluding carboxylic acids is 2. The molecule has 196 valence electrons. The first-order valence-electron chi connectivity index (χ1n) is 11.8. The van der Waals surface area contributed by atoms with Gasteiger partial charge in [-0.3, -0.25) is 14.5 Å². The van der Waals surface area contributed by atoms with Crippen LogP contribution in [0.5, 0.6) is 5.75 Å². The Morgan fingerprint density at radius 1 is 1.10 bits per heavy atom. The normalized spacial score (nSPS) is 15.4. The lowest BCUT2D eigenvalue weighted by atomic mass is 9.95. The van der Waals surface area contributed by atoms with Crippen molar-refractivity contribution < 1.29 is 19.4 Å². The molecule has 4 aromatic rings.